The highest BCUT2D eigenvalue weighted by molar-refractivity contribution is 5.37. The van der Waals surface area contributed by atoms with Crippen LogP contribution in [0.4, 0.5) is 0 Å². The Bertz CT molecular complexity index is 809. The van der Waals surface area contributed by atoms with Crippen molar-refractivity contribution in [2.45, 2.75) is 32.5 Å². The molecule has 6 nitrogen and oxygen atoms in total. The molecule has 6 heteroatoms. The summed E-state index contributed by atoms with van der Waals surface area (Å²) in [7, 11) is 0. The number of rotatable bonds is 5. The van der Waals surface area contributed by atoms with E-state index in [0.29, 0.717) is 12.2 Å². The van der Waals surface area contributed by atoms with Crippen LogP contribution in [0.1, 0.15) is 25.6 Å². The molecule has 114 valence electrons. The zero-order chi connectivity index (χ0) is 15.5. The van der Waals surface area contributed by atoms with Crippen LogP contribution in [0.25, 0.3) is 5.65 Å². The second-order valence-corrected chi connectivity index (χ2v) is 5.41. The third kappa shape index (κ3) is 2.92. The highest BCUT2D eigenvalue weighted by atomic mass is 16.1. The Hall–Kier alpha value is -2.47. The minimum atomic E-state index is -0.0600. The molecule has 0 radical (unpaired) electrons. The van der Waals surface area contributed by atoms with Gasteiger partial charge in [0.2, 0.25) is 0 Å². The van der Waals surface area contributed by atoms with Gasteiger partial charge in [0.15, 0.2) is 0 Å². The monoisotopic (exact) mass is 297 g/mol. The van der Waals surface area contributed by atoms with E-state index in [1.807, 2.05) is 35.1 Å². The molecule has 0 aliphatic heterocycles. The molecule has 0 aliphatic carbocycles. The molecule has 3 rings (SSSR count). The summed E-state index contributed by atoms with van der Waals surface area (Å²) in [4.78, 5) is 16.6. The average molecular weight is 297 g/mol. The molecule has 3 aromatic rings. The summed E-state index contributed by atoms with van der Waals surface area (Å²) in [6.07, 6.45) is 5.45. The number of nitrogens with zero attached hydrogens (tertiary/aromatic N) is 4. The Morgan fingerprint density at radius 2 is 2.09 bits per heavy atom. The summed E-state index contributed by atoms with van der Waals surface area (Å²) < 4.78 is 3.46. The summed E-state index contributed by atoms with van der Waals surface area (Å²) in [6, 6.07) is 9.44. The maximum Gasteiger partial charge on any atom is 0.258 e. The molecular weight excluding hydrogens is 278 g/mol. The Labute approximate surface area is 128 Å². The first kappa shape index (κ1) is 14.5. The van der Waals surface area contributed by atoms with Crippen molar-refractivity contribution in [3.63, 3.8) is 0 Å². The molecule has 0 fully saturated rings. The van der Waals surface area contributed by atoms with Gasteiger partial charge in [-0.05, 0) is 32.0 Å². The van der Waals surface area contributed by atoms with Crippen molar-refractivity contribution < 1.29 is 0 Å². The molecule has 3 heterocycles. The summed E-state index contributed by atoms with van der Waals surface area (Å²) in [5.41, 5.74) is 1.35. The molecule has 2 atom stereocenters. The van der Waals surface area contributed by atoms with Crippen molar-refractivity contribution in [3.8, 4) is 0 Å². The van der Waals surface area contributed by atoms with E-state index in [9.17, 15) is 4.79 Å². The van der Waals surface area contributed by atoms with Gasteiger partial charge in [-0.3, -0.25) is 13.9 Å². The van der Waals surface area contributed by atoms with Gasteiger partial charge >= 0.3 is 0 Å². The lowest BCUT2D eigenvalue weighted by Crippen LogP contribution is -2.34. The van der Waals surface area contributed by atoms with Crippen LogP contribution in [0, 0.1) is 0 Å². The highest BCUT2D eigenvalue weighted by Crippen LogP contribution is 2.09. The number of aromatic nitrogens is 4. The van der Waals surface area contributed by atoms with Crippen molar-refractivity contribution >= 4 is 5.65 Å². The van der Waals surface area contributed by atoms with Crippen molar-refractivity contribution in [2.75, 3.05) is 0 Å². The normalized spacial score (nSPS) is 14.1. The van der Waals surface area contributed by atoms with Crippen LogP contribution in [-0.4, -0.2) is 25.2 Å². The van der Waals surface area contributed by atoms with Crippen molar-refractivity contribution in [1.82, 2.24) is 24.5 Å². The Balaban J connectivity index is 1.72. The second-order valence-electron chi connectivity index (χ2n) is 5.41. The zero-order valence-electron chi connectivity index (χ0n) is 12.7. The van der Waals surface area contributed by atoms with Crippen LogP contribution < -0.4 is 10.9 Å². The first-order valence-electron chi connectivity index (χ1n) is 7.35. The minimum Gasteiger partial charge on any atom is -0.307 e. The average Bonchev–Trinajstić information content (AvgIpc) is 3.06. The molecular formula is C16H19N5O. The van der Waals surface area contributed by atoms with Crippen molar-refractivity contribution in [3.05, 3.63) is 65.0 Å². The molecule has 2 unspecified atom stereocenters. The Morgan fingerprint density at radius 3 is 2.86 bits per heavy atom. The van der Waals surface area contributed by atoms with E-state index in [4.69, 9.17) is 0 Å². The fourth-order valence-corrected chi connectivity index (χ4v) is 2.38. The predicted octanol–water partition coefficient (Wildman–Crippen LogP) is 1.63. The Kier molecular flexibility index (Phi) is 4.02. The third-order valence-corrected chi connectivity index (χ3v) is 3.89. The summed E-state index contributed by atoms with van der Waals surface area (Å²) in [5, 5.41) is 7.66. The van der Waals surface area contributed by atoms with Gasteiger partial charge < -0.3 is 5.32 Å². The zero-order valence-corrected chi connectivity index (χ0v) is 12.7. The van der Waals surface area contributed by atoms with E-state index >= 15 is 0 Å². The van der Waals surface area contributed by atoms with Gasteiger partial charge in [0, 0.05) is 37.2 Å². The van der Waals surface area contributed by atoms with Gasteiger partial charge in [-0.15, -0.1) is 0 Å². The van der Waals surface area contributed by atoms with Gasteiger partial charge in [-0.25, -0.2) is 4.98 Å². The first-order chi connectivity index (χ1) is 10.6. The van der Waals surface area contributed by atoms with Gasteiger partial charge in [-0.1, -0.05) is 6.07 Å². The lowest BCUT2D eigenvalue weighted by Gasteiger charge is -2.21. The van der Waals surface area contributed by atoms with Gasteiger partial charge in [0.1, 0.15) is 5.65 Å². The topological polar surface area (TPSA) is 64.2 Å². The van der Waals surface area contributed by atoms with E-state index in [0.717, 1.165) is 5.69 Å². The fraction of sp³-hybridized carbons (Fsp3) is 0.312. The molecule has 0 spiro atoms. The number of pyridine rings is 1. The van der Waals surface area contributed by atoms with E-state index in [1.54, 1.807) is 22.9 Å². The smallest absolute Gasteiger partial charge is 0.258 e. The molecule has 3 aromatic heterocycles. The predicted molar refractivity (Wildman–Crippen MR) is 84.7 cm³/mol. The van der Waals surface area contributed by atoms with E-state index < -0.39 is 0 Å². The lowest BCUT2D eigenvalue weighted by atomic mass is 10.1. The van der Waals surface area contributed by atoms with Gasteiger partial charge in [-0.2, -0.15) is 5.10 Å². The maximum atomic E-state index is 12.0. The van der Waals surface area contributed by atoms with Crippen LogP contribution in [0.2, 0.25) is 0 Å². The van der Waals surface area contributed by atoms with Crippen LogP contribution in [-0.2, 0) is 6.54 Å². The quantitative estimate of drug-likeness (QED) is 0.777. The summed E-state index contributed by atoms with van der Waals surface area (Å²) in [5.74, 6) is 0. The first-order valence-corrected chi connectivity index (χ1v) is 7.35. The highest BCUT2D eigenvalue weighted by Gasteiger charge is 2.14. The van der Waals surface area contributed by atoms with Gasteiger partial charge in [0.05, 0.1) is 11.7 Å². The van der Waals surface area contributed by atoms with E-state index in [2.05, 4.69) is 29.2 Å². The standard InChI is InChI=1S/C16H19N5O/c1-12(13(2)21-9-5-7-18-21)17-11-14-10-16(22)20-8-4-3-6-15(20)19-14/h3-10,12-13,17H,11H2,1-2H3. The number of hydrogen-bond acceptors (Lipinski definition) is 4. The SMILES string of the molecule is CC(NCc1cc(=O)n2ccccc2n1)C(C)n1cccn1. The maximum absolute atomic E-state index is 12.0. The molecule has 22 heavy (non-hydrogen) atoms. The minimum absolute atomic E-state index is 0.0600. The van der Waals surface area contributed by atoms with Crippen LogP contribution in [0.5, 0.6) is 0 Å². The molecule has 1 N–H and O–H groups in total. The van der Waals surface area contributed by atoms with Crippen LogP contribution in [0.15, 0.2) is 53.7 Å². The molecule has 0 saturated carbocycles. The molecule has 0 aromatic carbocycles. The van der Waals surface area contributed by atoms with Crippen LogP contribution >= 0.6 is 0 Å². The third-order valence-electron chi connectivity index (χ3n) is 3.89. The number of nitrogens with one attached hydrogen (secondary N) is 1. The molecule has 0 saturated heterocycles. The van der Waals surface area contributed by atoms with E-state index in [-0.39, 0.29) is 17.6 Å². The summed E-state index contributed by atoms with van der Waals surface area (Å²) in [6.45, 7) is 4.75. The molecule has 0 amide bonds. The second kappa shape index (κ2) is 6.11. The van der Waals surface area contributed by atoms with Gasteiger partial charge in [0.25, 0.3) is 5.56 Å². The van der Waals surface area contributed by atoms with Crippen LogP contribution in [0.3, 0.4) is 0 Å². The Morgan fingerprint density at radius 1 is 1.23 bits per heavy atom. The van der Waals surface area contributed by atoms with Crippen molar-refractivity contribution in [2.24, 2.45) is 0 Å². The summed E-state index contributed by atoms with van der Waals surface area (Å²) >= 11 is 0. The lowest BCUT2D eigenvalue weighted by molar-refractivity contribution is 0.363. The van der Waals surface area contributed by atoms with Crippen molar-refractivity contribution in [1.29, 1.82) is 0 Å². The molecule has 0 bridgehead atoms. The number of fused-ring (bicyclic) bond motifs is 1. The largest absolute Gasteiger partial charge is 0.307 e. The van der Waals surface area contributed by atoms with E-state index in [1.165, 1.54) is 0 Å². The number of hydrogen-bond donors (Lipinski definition) is 1. The fourth-order valence-electron chi connectivity index (χ4n) is 2.38. The molecule has 0 aliphatic rings.